The van der Waals surface area contributed by atoms with Crippen LogP contribution < -0.4 is 10.6 Å². The number of pyridine rings is 1. The van der Waals surface area contributed by atoms with E-state index in [1.165, 1.54) is 0 Å². The van der Waals surface area contributed by atoms with Gasteiger partial charge in [-0.15, -0.1) is 0 Å². The summed E-state index contributed by atoms with van der Waals surface area (Å²) in [5, 5.41) is 10.5. The molecule has 0 aliphatic heterocycles. The van der Waals surface area contributed by atoms with E-state index < -0.39 is 0 Å². The predicted molar refractivity (Wildman–Crippen MR) is 128 cm³/mol. The van der Waals surface area contributed by atoms with E-state index in [0.717, 1.165) is 38.2 Å². The average molecular weight is 509 g/mol. The van der Waals surface area contributed by atoms with Crippen molar-refractivity contribution in [2.75, 3.05) is 10.6 Å². The number of benzene rings is 2. The third-order valence-corrected chi connectivity index (χ3v) is 5.29. The van der Waals surface area contributed by atoms with Crippen LogP contribution in [-0.4, -0.2) is 20.8 Å². The van der Waals surface area contributed by atoms with Gasteiger partial charge in [-0.3, -0.25) is 9.67 Å². The topological polar surface area (TPSA) is 71.8 Å². The summed E-state index contributed by atoms with van der Waals surface area (Å²) in [6.07, 6.45) is 5.55. The number of rotatable bonds is 5. The van der Waals surface area contributed by atoms with Crippen LogP contribution in [0.5, 0.6) is 0 Å². The molecule has 4 aromatic rings. The van der Waals surface area contributed by atoms with E-state index in [4.69, 9.17) is 5.10 Å². The third kappa shape index (κ3) is 4.68. The molecule has 30 heavy (non-hydrogen) atoms. The van der Waals surface area contributed by atoms with Crippen LogP contribution in [0.3, 0.4) is 0 Å². The quantitative estimate of drug-likeness (QED) is 0.330. The van der Waals surface area contributed by atoms with Crippen molar-refractivity contribution in [3.8, 4) is 22.4 Å². The van der Waals surface area contributed by atoms with Gasteiger partial charge in [-0.25, -0.2) is 4.79 Å². The van der Waals surface area contributed by atoms with Crippen LogP contribution in [-0.2, 0) is 6.54 Å². The largest absolute Gasteiger partial charge is 0.323 e. The Morgan fingerprint density at radius 1 is 0.967 bits per heavy atom. The summed E-state index contributed by atoms with van der Waals surface area (Å²) in [6, 6.07) is 19.0. The summed E-state index contributed by atoms with van der Waals surface area (Å²) >= 11 is 2.23. The zero-order valence-corrected chi connectivity index (χ0v) is 18.5. The minimum Gasteiger partial charge on any atom is -0.308 e. The Kier molecular flexibility index (Phi) is 6.08. The molecule has 0 aliphatic rings. The van der Waals surface area contributed by atoms with Gasteiger partial charge in [0.15, 0.2) is 0 Å². The molecular formula is C23H20IN5O. The molecular weight excluding hydrogens is 489 g/mol. The molecule has 2 N–H and O–H groups in total. The fraction of sp³-hybridized carbons (Fsp3) is 0.0870. The Labute approximate surface area is 188 Å². The van der Waals surface area contributed by atoms with Crippen molar-refractivity contribution in [3.05, 3.63) is 82.8 Å². The van der Waals surface area contributed by atoms with Crippen LogP contribution in [0.1, 0.15) is 6.92 Å². The van der Waals surface area contributed by atoms with Gasteiger partial charge in [0, 0.05) is 51.2 Å². The standard InChI is InChI=1S/C23H20IN5O/c1-2-29-15-21(22(28-29)16-10-12-25-13-11-16)17-4-3-5-20(14-17)27-23(30)26-19-8-6-18(24)7-9-19/h3-15H,2H2,1H3,(H2,26,27,30). The lowest BCUT2D eigenvalue weighted by Crippen LogP contribution is -2.19. The van der Waals surface area contributed by atoms with Gasteiger partial charge >= 0.3 is 6.03 Å². The van der Waals surface area contributed by atoms with Crippen molar-refractivity contribution in [2.24, 2.45) is 0 Å². The van der Waals surface area contributed by atoms with Gasteiger partial charge in [0.25, 0.3) is 0 Å². The van der Waals surface area contributed by atoms with E-state index in [0.29, 0.717) is 5.69 Å². The molecule has 0 spiro atoms. The lowest BCUT2D eigenvalue weighted by atomic mass is 10.0. The third-order valence-electron chi connectivity index (χ3n) is 4.57. The van der Waals surface area contributed by atoms with E-state index in [-0.39, 0.29) is 6.03 Å². The minimum absolute atomic E-state index is 0.285. The Balaban J connectivity index is 1.58. The predicted octanol–water partition coefficient (Wildman–Crippen LogP) is 5.88. The summed E-state index contributed by atoms with van der Waals surface area (Å²) in [6.45, 7) is 2.83. The molecule has 2 aromatic heterocycles. The summed E-state index contributed by atoms with van der Waals surface area (Å²) in [5.41, 5.74) is 5.33. The Bertz CT molecular complexity index is 1160. The number of amides is 2. The van der Waals surface area contributed by atoms with E-state index in [9.17, 15) is 4.79 Å². The van der Waals surface area contributed by atoms with Gasteiger partial charge in [-0.05, 0) is 83.6 Å². The highest BCUT2D eigenvalue weighted by Gasteiger charge is 2.13. The number of hydrogen-bond donors (Lipinski definition) is 2. The SMILES string of the molecule is CCn1cc(-c2cccc(NC(=O)Nc3ccc(I)cc3)c2)c(-c2ccncc2)n1. The van der Waals surface area contributed by atoms with Crippen molar-refractivity contribution in [1.29, 1.82) is 0 Å². The van der Waals surface area contributed by atoms with Gasteiger partial charge in [-0.2, -0.15) is 5.10 Å². The van der Waals surface area contributed by atoms with E-state index in [2.05, 4.69) is 45.1 Å². The molecule has 6 nitrogen and oxygen atoms in total. The maximum atomic E-state index is 12.4. The van der Waals surface area contributed by atoms with E-state index in [1.807, 2.05) is 71.5 Å². The fourth-order valence-electron chi connectivity index (χ4n) is 3.11. The summed E-state index contributed by atoms with van der Waals surface area (Å²) in [5.74, 6) is 0. The fourth-order valence-corrected chi connectivity index (χ4v) is 3.47. The number of anilines is 2. The van der Waals surface area contributed by atoms with Crippen LogP contribution in [0, 0.1) is 3.57 Å². The number of urea groups is 1. The molecule has 0 atom stereocenters. The van der Waals surface area contributed by atoms with Crippen LogP contribution in [0.2, 0.25) is 0 Å². The van der Waals surface area contributed by atoms with Crippen molar-refractivity contribution in [2.45, 2.75) is 13.5 Å². The molecule has 150 valence electrons. The van der Waals surface area contributed by atoms with Gasteiger partial charge in [0.1, 0.15) is 5.69 Å². The first kappa shape index (κ1) is 20.1. The Morgan fingerprint density at radius 2 is 1.70 bits per heavy atom. The summed E-state index contributed by atoms with van der Waals surface area (Å²) < 4.78 is 3.03. The van der Waals surface area contributed by atoms with Crippen molar-refractivity contribution in [1.82, 2.24) is 14.8 Å². The van der Waals surface area contributed by atoms with Gasteiger partial charge in [-0.1, -0.05) is 12.1 Å². The van der Waals surface area contributed by atoms with Crippen molar-refractivity contribution in [3.63, 3.8) is 0 Å². The second kappa shape index (κ2) is 9.08. The summed E-state index contributed by atoms with van der Waals surface area (Å²) in [7, 11) is 0. The van der Waals surface area contributed by atoms with Crippen LogP contribution in [0.15, 0.2) is 79.3 Å². The first-order valence-corrected chi connectivity index (χ1v) is 10.6. The highest BCUT2D eigenvalue weighted by molar-refractivity contribution is 14.1. The van der Waals surface area contributed by atoms with Crippen molar-refractivity contribution >= 4 is 40.0 Å². The summed E-state index contributed by atoms with van der Waals surface area (Å²) in [4.78, 5) is 16.5. The number of aryl methyl sites for hydroxylation is 1. The maximum Gasteiger partial charge on any atom is 0.323 e. The first-order chi connectivity index (χ1) is 14.6. The first-order valence-electron chi connectivity index (χ1n) is 9.54. The molecule has 0 fully saturated rings. The van der Waals surface area contributed by atoms with Crippen molar-refractivity contribution < 1.29 is 4.79 Å². The highest BCUT2D eigenvalue weighted by atomic mass is 127. The molecule has 2 aromatic carbocycles. The molecule has 2 amide bonds. The van der Waals surface area contributed by atoms with Crippen LogP contribution in [0.4, 0.5) is 16.2 Å². The number of nitrogens with zero attached hydrogens (tertiary/aromatic N) is 3. The Morgan fingerprint density at radius 3 is 2.43 bits per heavy atom. The number of carbonyl (C=O) groups excluding carboxylic acids is 1. The zero-order chi connectivity index (χ0) is 20.9. The van der Waals surface area contributed by atoms with Gasteiger partial charge in [0.2, 0.25) is 0 Å². The second-order valence-corrected chi connectivity index (χ2v) is 7.90. The van der Waals surface area contributed by atoms with Gasteiger partial charge < -0.3 is 10.6 Å². The maximum absolute atomic E-state index is 12.4. The number of carbonyl (C=O) groups is 1. The van der Waals surface area contributed by atoms with E-state index >= 15 is 0 Å². The van der Waals surface area contributed by atoms with Crippen LogP contribution in [0.25, 0.3) is 22.4 Å². The number of aromatic nitrogens is 3. The average Bonchev–Trinajstić information content (AvgIpc) is 3.21. The highest BCUT2D eigenvalue weighted by Crippen LogP contribution is 2.32. The van der Waals surface area contributed by atoms with Crippen LogP contribution >= 0.6 is 22.6 Å². The van der Waals surface area contributed by atoms with Gasteiger partial charge in [0.05, 0.1) is 0 Å². The molecule has 0 aliphatic carbocycles. The molecule has 7 heteroatoms. The minimum atomic E-state index is -0.285. The molecule has 0 bridgehead atoms. The normalized spacial score (nSPS) is 10.6. The second-order valence-electron chi connectivity index (χ2n) is 6.65. The smallest absolute Gasteiger partial charge is 0.308 e. The number of nitrogens with one attached hydrogen (secondary N) is 2. The molecule has 0 saturated carbocycles. The molecule has 0 unspecified atom stereocenters. The Hall–Kier alpha value is -3.20. The molecule has 0 saturated heterocycles. The molecule has 2 heterocycles. The zero-order valence-electron chi connectivity index (χ0n) is 16.3. The molecule has 0 radical (unpaired) electrons. The lowest BCUT2D eigenvalue weighted by molar-refractivity contribution is 0.262. The lowest BCUT2D eigenvalue weighted by Gasteiger charge is -2.09. The molecule has 4 rings (SSSR count). The number of halogens is 1. The van der Waals surface area contributed by atoms with E-state index in [1.54, 1.807) is 12.4 Å². The monoisotopic (exact) mass is 509 g/mol. The number of hydrogen-bond acceptors (Lipinski definition) is 3.